The third-order valence-electron chi connectivity index (χ3n) is 8.28. The van der Waals surface area contributed by atoms with E-state index in [1.807, 2.05) is 0 Å². The summed E-state index contributed by atoms with van der Waals surface area (Å²) >= 11 is 0. The molecule has 4 rings (SSSR count). The van der Waals surface area contributed by atoms with Crippen LogP contribution in [0.4, 0.5) is 30.7 Å². The number of fused-ring (bicyclic) bond motifs is 1. The molecule has 39 heavy (non-hydrogen) atoms. The van der Waals surface area contributed by atoms with Gasteiger partial charge in [0.05, 0.1) is 0 Å². The summed E-state index contributed by atoms with van der Waals surface area (Å²) in [7, 11) is 0. The number of halogens is 7. The van der Waals surface area contributed by atoms with Crippen LogP contribution in [0, 0.1) is 35.3 Å². The van der Waals surface area contributed by atoms with E-state index in [0.717, 1.165) is 43.9 Å². The highest BCUT2D eigenvalue weighted by molar-refractivity contribution is 5.87. The standard InChI is InChI=1S/C29H33F7O3/c1-2-3-4-5-16-6-8-17(9-7-16)18-13-22(30)25(23(31)14-18)28(37)38-20-10-11-21-19(12-20)15-24(32)27(26(21)33)39-29(34,35)36/h10-12,15-18,22-23,25H,2-9,13-14H2,1H3. The second-order valence-electron chi connectivity index (χ2n) is 10.9. The van der Waals surface area contributed by atoms with Crippen molar-refractivity contribution in [3.05, 3.63) is 35.9 Å². The Labute approximate surface area is 223 Å². The fourth-order valence-corrected chi connectivity index (χ4v) is 6.25. The molecule has 3 nitrogen and oxygen atoms in total. The van der Waals surface area contributed by atoms with Crippen molar-refractivity contribution < 1.29 is 45.0 Å². The van der Waals surface area contributed by atoms with Crippen LogP contribution in [-0.2, 0) is 4.79 Å². The van der Waals surface area contributed by atoms with E-state index in [9.17, 15) is 26.7 Å². The van der Waals surface area contributed by atoms with Gasteiger partial charge in [-0.15, -0.1) is 13.2 Å². The van der Waals surface area contributed by atoms with Gasteiger partial charge in [0.2, 0.25) is 5.75 Å². The maximum Gasteiger partial charge on any atom is 0.573 e. The lowest BCUT2D eigenvalue weighted by Crippen LogP contribution is -2.44. The first-order chi connectivity index (χ1) is 18.5. The Hall–Kier alpha value is -2.52. The van der Waals surface area contributed by atoms with E-state index in [1.165, 1.54) is 25.7 Å². The van der Waals surface area contributed by atoms with Crippen LogP contribution in [0.15, 0.2) is 24.3 Å². The maximum absolute atomic E-state index is 15.1. The predicted octanol–water partition coefficient (Wildman–Crippen LogP) is 9.01. The highest BCUT2D eigenvalue weighted by Crippen LogP contribution is 2.44. The molecule has 2 fully saturated rings. The smallest absolute Gasteiger partial charge is 0.426 e. The summed E-state index contributed by atoms with van der Waals surface area (Å²) in [4.78, 5) is 12.7. The first-order valence-corrected chi connectivity index (χ1v) is 13.6. The van der Waals surface area contributed by atoms with Crippen molar-refractivity contribution in [2.45, 2.75) is 89.8 Å². The van der Waals surface area contributed by atoms with Gasteiger partial charge < -0.3 is 9.47 Å². The van der Waals surface area contributed by atoms with E-state index >= 15 is 8.78 Å². The summed E-state index contributed by atoms with van der Waals surface area (Å²) in [6.45, 7) is 2.17. The average molecular weight is 563 g/mol. The maximum atomic E-state index is 15.1. The second kappa shape index (κ2) is 12.3. The molecule has 216 valence electrons. The van der Waals surface area contributed by atoms with E-state index in [0.29, 0.717) is 12.0 Å². The molecular weight excluding hydrogens is 529 g/mol. The van der Waals surface area contributed by atoms with E-state index < -0.39 is 53.4 Å². The van der Waals surface area contributed by atoms with Gasteiger partial charge in [0, 0.05) is 5.39 Å². The molecule has 2 aromatic carbocycles. The number of alkyl halides is 5. The summed E-state index contributed by atoms with van der Waals surface area (Å²) in [6.07, 6.45) is 0.206. The Bertz CT molecular complexity index is 1130. The second-order valence-corrected chi connectivity index (χ2v) is 10.9. The zero-order valence-corrected chi connectivity index (χ0v) is 21.7. The summed E-state index contributed by atoms with van der Waals surface area (Å²) in [5, 5.41) is -0.629. The van der Waals surface area contributed by atoms with Crippen molar-refractivity contribution in [1.29, 1.82) is 0 Å². The van der Waals surface area contributed by atoms with Gasteiger partial charge in [0.15, 0.2) is 11.6 Å². The summed E-state index contributed by atoms with van der Waals surface area (Å²) in [5.41, 5.74) is 0. The van der Waals surface area contributed by atoms with Crippen molar-refractivity contribution in [1.82, 2.24) is 0 Å². The first-order valence-electron chi connectivity index (χ1n) is 13.6. The van der Waals surface area contributed by atoms with Crippen LogP contribution < -0.4 is 9.47 Å². The molecular formula is C29H33F7O3. The Morgan fingerprint density at radius 2 is 1.62 bits per heavy atom. The first kappa shape index (κ1) is 29.5. The molecule has 0 saturated heterocycles. The number of unbranched alkanes of at least 4 members (excludes halogenated alkanes) is 2. The number of hydrogen-bond acceptors (Lipinski definition) is 3. The van der Waals surface area contributed by atoms with E-state index in [-0.39, 0.29) is 35.8 Å². The molecule has 2 unspecified atom stereocenters. The lowest BCUT2D eigenvalue weighted by Gasteiger charge is -2.40. The predicted molar refractivity (Wildman–Crippen MR) is 132 cm³/mol. The molecule has 0 radical (unpaired) electrons. The lowest BCUT2D eigenvalue weighted by atomic mass is 9.67. The van der Waals surface area contributed by atoms with Gasteiger partial charge in [0.25, 0.3) is 0 Å². The van der Waals surface area contributed by atoms with Crippen molar-refractivity contribution in [3.8, 4) is 11.5 Å². The summed E-state index contributed by atoms with van der Waals surface area (Å²) < 4.78 is 105. The molecule has 2 aliphatic rings. The van der Waals surface area contributed by atoms with Crippen LogP contribution in [0.3, 0.4) is 0 Å². The van der Waals surface area contributed by atoms with Crippen LogP contribution in [0.25, 0.3) is 10.8 Å². The minimum absolute atomic E-state index is 0.0709. The van der Waals surface area contributed by atoms with Crippen molar-refractivity contribution in [2.24, 2.45) is 23.7 Å². The number of rotatable bonds is 8. The third-order valence-corrected chi connectivity index (χ3v) is 8.28. The number of benzene rings is 2. The Morgan fingerprint density at radius 3 is 2.23 bits per heavy atom. The summed E-state index contributed by atoms with van der Waals surface area (Å²) in [5.74, 6) is -7.03. The number of carbonyl (C=O) groups excluding carboxylic acids is 1. The fourth-order valence-electron chi connectivity index (χ4n) is 6.25. The zero-order chi connectivity index (χ0) is 28.3. The van der Waals surface area contributed by atoms with Crippen LogP contribution in [-0.4, -0.2) is 24.7 Å². The van der Waals surface area contributed by atoms with E-state index in [1.54, 1.807) is 0 Å². The number of esters is 1. The summed E-state index contributed by atoms with van der Waals surface area (Å²) in [6, 6.07) is 3.65. The lowest BCUT2D eigenvalue weighted by molar-refractivity contribution is -0.276. The van der Waals surface area contributed by atoms with Gasteiger partial charge in [0.1, 0.15) is 24.0 Å². The molecule has 0 aromatic heterocycles. The highest BCUT2D eigenvalue weighted by Gasteiger charge is 2.46. The molecule has 0 bridgehead atoms. The molecule has 2 saturated carbocycles. The van der Waals surface area contributed by atoms with Gasteiger partial charge >= 0.3 is 12.3 Å². The number of carbonyl (C=O) groups is 1. The average Bonchev–Trinajstić information content (AvgIpc) is 2.86. The molecule has 0 N–H and O–H groups in total. The molecule has 0 spiro atoms. The van der Waals surface area contributed by atoms with Crippen LogP contribution >= 0.6 is 0 Å². The number of hydrogen-bond donors (Lipinski definition) is 0. The van der Waals surface area contributed by atoms with Gasteiger partial charge in [-0.1, -0.05) is 45.4 Å². The monoisotopic (exact) mass is 562 g/mol. The SMILES string of the molecule is CCCCCC1CCC(C2CC(F)C(C(=O)Oc3ccc4c(F)c(OC(F)(F)F)c(F)cc4c3)C(F)C2)CC1. The molecule has 2 aliphatic carbocycles. The van der Waals surface area contributed by atoms with Crippen molar-refractivity contribution in [2.75, 3.05) is 0 Å². The van der Waals surface area contributed by atoms with Crippen molar-refractivity contribution >= 4 is 16.7 Å². The van der Waals surface area contributed by atoms with Crippen molar-refractivity contribution in [3.63, 3.8) is 0 Å². The van der Waals surface area contributed by atoms with Crippen LogP contribution in [0.5, 0.6) is 11.5 Å². The van der Waals surface area contributed by atoms with Gasteiger partial charge in [-0.2, -0.15) is 0 Å². The third kappa shape index (κ3) is 7.17. The topological polar surface area (TPSA) is 35.5 Å². The normalized spacial score (nSPS) is 27.9. The minimum Gasteiger partial charge on any atom is -0.426 e. The quantitative estimate of drug-likeness (QED) is 0.139. The fraction of sp³-hybridized carbons (Fsp3) is 0.621. The van der Waals surface area contributed by atoms with E-state index in [2.05, 4.69) is 11.7 Å². The van der Waals surface area contributed by atoms with Crippen LogP contribution in [0.2, 0.25) is 0 Å². The molecule has 2 aromatic rings. The Morgan fingerprint density at radius 1 is 0.949 bits per heavy atom. The van der Waals surface area contributed by atoms with Gasteiger partial charge in [-0.25, -0.2) is 17.6 Å². The largest absolute Gasteiger partial charge is 0.573 e. The molecule has 2 atom stereocenters. The molecule has 0 heterocycles. The minimum atomic E-state index is -5.30. The molecule has 10 heteroatoms. The van der Waals surface area contributed by atoms with Gasteiger partial charge in [-0.3, -0.25) is 4.79 Å². The highest BCUT2D eigenvalue weighted by atomic mass is 19.4. The Balaban J connectivity index is 1.37. The van der Waals surface area contributed by atoms with Crippen LogP contribution in [0.1, 0.15) is 71.1 Å². The zero-order valence-electron chi connectivity index (χ0n) is 21.7. The molecule has 0 amide bonds. The van der Waals surface area contributed by atoms with Gasteiger partial charge in [-0.05, 0) is 73.1 Å². The van der Waals surface area contributed by atoms with E-state index in [4.69, 9.17) is 4.74 Å². The number of ether oxygens (including phenoxy) is 2. The Kier molecular flexibility index (Phi) is 9.32. The molecule has 0 aliphatic heterocycles.